The molecule has 0 aromatic heterocycles. The maximum atomic E-state index is 13.5. The van der Waals surface area contributed by atoms with Gasteiger partial charge in [0.1, 0.15) is 23.3 Å². The summed E-state index contributed by atoms with van der Waals surface area (Å²) in [6.45, 7) is 19.4. The van der Waals surface area contributed by atoms with E-state index in [0.717, 1.165) is 5.56 Å². The van der Waals surface area contributed by atoms with E-state index in [-0.39, 0.29) is 18.7 Å². The Morgan fingerprint density at radius 3 is 1.74 bits per heavy atom. The van der Waals surface area contributed by atoms with E-state index in [1.54, 1.807) is 79.7 Å². The Bertz CT molecular complexity index is 998. The highest BCUT2D eigenvalue weighted by molar-refractivity contribution is 6.30. The van der Waals surface area contributed by atoms with Crippen molar-refractivity contribution in [2.75, 3.05) is 0 Å². The Hall–Kier alpha value is -2.61. The fourth-order valence-corrected chi connectivity index (χ4v) is 3.64. The third-order valence-electron chi connectivity index (χ3n) is 5.60. The predicted octanol–water partition coefficient (Wildman–Crippen LogP) is 5.10. The summed E-state index contributed by atoms with van der Waals surface area (Å²) in [5, 5.41) is 6.14. The Balaban J connectivity index is 3.16. The second-order valence-corrected chi connectivity index (χ2v) is 13.6. The molecular weight excluding hydrogens is 508 g/mol. The zero-order valence-electron chi connectivity index (χ0n) is 24.7. The molecule has 1 rings (SSSR count). The van der Waals surface area contributed by atoms with Gasteiger partial charge in [-0.1, -0.05) is 44.5 Å². The summed E-state index contributed by atoms with van der Waals surface area (Å²) in [6, 6.07) is 4.85. The van der Waals surface area contributed by atoms with Crippen LogP contribution in [0.1, 0.15) is 94.6 Å². The van der Waals surface area contributed by atoms with Gasteiger partial charge in [0, 0.05) is 11.4 Å². The SMILES string of the molecule is CC(C)(C)OC(=O)CC[C@@H](NC(=O)[C@@H](NC(=O)C(C)(C)c1ccc(Cl)cc1)C(C)(C)C)C(=O)OC(C)(C)C. The summed E-state index contributed by atoms with van der Waals surface area (Å²) in [7, 11) is 0. The van der Waals surface area contributed by atoms with E-state index in [2.05, 4.69) is 10.6 Å². The van der Waals surface area contributed by atoms with Crippen molar-refractivity contribution < 1.29 is 28.7 Å². The summed E-state index contributed by atoms with van der Waals surface area (Å²) in [4.78, 5) is 52.2. The molecule has 9 heteroatoms. The van der Waals surface area contributed by atoms with Gasteiger partial charge in [-0.3, -0.25) is 14.4 Å². The van der Waals surface area contributed by atoms with Crippen LogP contribution in [-0.2, 0) is 34.1 Å². The van der Waals surface area contributed by atoms with Crippen molar-refractivity contribution in [3.05, 3.63) is 34.9 Å². The molecule has 214 valence electrons. The summed E-state index contributed by atoms with van der Waals surface area (Å²) in [6.07, 6.45) is -0.117. The molecule has 0 heterocycles. The molecule has 0 bridgehead atoms. The Kier molecular flexibility index (Phi) is 11.0. The molecule has 2 atom stereocenters. The predicted molar refractivity (Wildman–Crippen MR) is 149 cm³/mol. The van der Waals surface area contributed by atoms with E-state index in [1.165, 1.54) is 0 Å². The van der Waals surface area contributed by atoms with Crippen LogP contribution in [0.3, 0.4) is 0 Å². The lowest BCUT2D eigenvalue weighted by atomic mass is 9.81. The van der Waals surface area contributed by atoms with Crippen LogP contribution >= 0.6 is 11.6 Å². The van der Waals surface area contributed by atoms with Crippen LogP contribution in [0, 0.1) is 5.41 Å². The second kappa shape index (κ2) is 12.5. The van der Waals surface area contributed by atoms with Gasteiger partial charge < -0.3 is 20.1 Å². The standard InChI is InChI=1S/C29H45ClN2O6/c1-26(2,3)22(32-25(36)29(10,11)18-12-14-19(30)15-13-18)23(34)31-20(24(35)38-28(7,8)9)16-17-21(33)37-27(4,5)6/h12-15,20,22H,16-17H2,1-11H3,(H,31,34)(H,32,36)/t20-,22-/m1/s1. The average molecular weight is 553 g/mol. The highest BCUT2D eigenvalue weighted by atomic mass is 35.5. The van der Waals surface area contributed by atoms with Crippen molar-refractivity contribution in [2.45, 2.75) is 118 Å². The van der Waals surface area contributed by atoms with Gasteiger partial charge in [0.25, 0.3) is 0 Å². The van der Waals surface area contributed by atoms with Crippen molar-refractivity contribution in [3.63, 3.8) is 0 Å². The van der Waals surface area contributed by atoms with E-state index in [0.29, 0.717) is 5.02 Å². The van der Waals surface area contributed by atoms with Crippen LogP contribution in [0.5, 0.6) is 0 Å². The minimum absolute atomic E-state index is 0.0172. The number of hydrogen-bond acceptors (Lipinski definition) is 6. The van der Waals surface area contributed by atoms with Gasteiger partial charge in [-0.25, -0.2) is 4.79 Å². The molecule has 0 aliphatic rings. The van der Waals surface area contributed by atoms with Crippen molar-refractivity contribution in [2.24, 2.45) is 5.41 Å². The third kappa shape index (κ3) is 11.0. The van der Waals surface area contributed by atoms with E-state index in [9.17, 15) is 19.2 Å². The highest BCUT2D eigenvalue weighted by Gasteiger charge is 2.39. The van der Waals surface area contributed by atoms with Crippen molar-refractivity contribution in [1.29, 1.82) is 0 Å². The number of carbonyl (C=O) groups is 4. The first-order valence-electron chi connectivity index (χ1n) is 12.8. The number of esters is 2. The topological polar surface area (TPSA) is 111 Å². The minimum atomic E-state index is -1.11. The maximum Gasteiger partial charge on any atom is 0.329 e. The van der Waals surface area contributed by atoms with Gasteiger partial charge in [-0.05, 0) is 84.9 Å². The van der Waals surface area contributed by atoms with Gasteiger partial charge >= 0.3 is 11.9 Å². The number of halogens is 1. The van der Waals surface area contributed by atoms with Crippen LogP contribution in [0.4, 0.5) is 0 Å². The van der Waals surface area contributed by atoms with Crippen molar-refractivity contribution >= 4 is 35.4 Å². The minimum Gasteiger partial charge on any atom is -0.460 e. The lowest BCUT2D eigenvalue weighted by molar-refractivity contribution is -0.160. The summed E-state index contributed by atoms with van der Waals surface area (Å²) >= 11 is 6.00. The lowest BCUT2D eigenvalue weighted by Crippen LogP contribution is -2.59. The number of carbonyl (C=O) groups excluding carboxylic acids is 4. The molecule has 0 unspecified atom stereocenters. The molecule has 8 nitrogen and oxygen atoms in total. The van der Waals surface area contributed by atoms with Crippen LogP contribution in [0.15, 0.2) is 24.3 Å². The summed E-state index contributed by atoms with van der Waals surface area (Å²) in [5.74, 6) is -2.09. The Morgan fingerprint density at radius 1 is 0.789 bits per heavy atom. The maximum absolute atomic E-state index is 13.5. The monoisotopic (exact) mass is 552 g/mol. The molecule has 0 saturated heterocycles. The van der Waals surface area contributed by atoms with Crippen molar-refractivity contribution in [1.82, 2.24) is 10.6 Å². The summed E-state index contributed by atoms with van der Waals surface area (Å²) in [5.41, 5.74) is -2.40. The lowest BCUT2D eigenvalue weighted by Gasteiger charge is -2.35. The first-order chi connectivity index (χ1) is 17.0. The van der Waals surface area contributed by atoms with Crippen LogP contribution < -0.4 is 10.6 Å². The number of rotatable bonds is 9. The Morgan fingerprint density at radius 2 is 1.29 bits per heavy atom. The van der Waals surface area contributed by atoms with Gasteiger partial charge in [0.15, 0.2) is 0 Å². The molecule has 0 spiro atoms. The van der Waals surface area contributed by atoms with Crippen LogP contribution in [0.25, 0.3) is 0 Å². The second-order valence-electron chi connectivity index (χ2n) is 13.1. The summed E-state index contributed by atoms with van der Waals surface area (Å²) < 4.78 is 10.8. The fraction of sp³-hybridized carbons (Fsp3) is 0.655. The van der Waals surface area contributed by atoms with E-state index in [1.807, 2.05) is 20.8 Å². The number of ether oxygens (including phenoxy) is 2. The number of benzene rings is 1. The van der Waals surface area contributed by atoms with Gasteiger partial charge in [-0.2, -0.15) is 0 Å². The van der Waals surface area contributed by atoms with E-state index >= 15 is 0 Å². The van der Waals surface area contributed by atoms with Crippen molar-refractivity contribution in [3.8, 4) is 0 Å². The number of amides is 2. The zero-order valence-corrected chi connectivity index (χ0v) is 25.5. The molecule has 0 saturated carbocycles. The van der Waals surface area contributed by atoms with Gasteiger partial charge in [0.05, 0.1) is 5.41 Å². The molecule has 1 aromatic rings. The third-order valence-corrected chi connectivity index (χ3v) is 5.85. The molecule has 2 amide bonds. The quantitative estimate of drug-likeness (QED) is 0.412. The molecule has 2 N–H and O–H groups in total. The van der Waals surface area contributed by atoms with E-state index in [4.69, 9.17) is 21.1 Å². The number of hydrogen-bond donors (Lipinski definition) is 2. The first-order valence-corrected chi connectivity index (χ1v) is 13.2. The van der Waals surface area contributed by atoms with Crippen LogP contribution in [-0.4, -0.2) is 47.0 Å². The smallest absolute Gasteiger partial charge is 0.329 e. The molecule has 0 radical (unpaired) electrons. The average Bonchev–Trinajstić information content (AvgIpc) is 2.71. The zero-order chi connectivity index (χ0) is 29.7. The molecule has 0 fully saturated rings. The highest BCUT2D eigenvalue weighted by Crippen LogP contribution is 2.27. The largest absolute Gasteiger partial charge is 0.460 e. The first kappa shape index (κ1) is 33.4. The molecule has 38 heavy (non-hydrogen) atoms. The normalized spacial score (nSPS) is 14.2. The van der Waals surface area contributed by atoms with Gasteiger partial charge in [-0.15, -0.1) is 0 Å². The van der Waals surface area contributed by atoms with Crippen LogP contribution in [0.2, 0.25) is 5.02 Å². The Labute approximate surface area is 232 Å². The van der Waals surface area contributed by atoms with E-state index < -0.39 is 52.0 Å². The molecule has 0 aliphatic carbocycles. The number of nitrogens with one attached hydrogen (secondary N) is 2. The molecule has 0 aliphatic heterocycles. The van der Waals surface area contributed by atoms with Gasteiger partial charge in [0.2, 0.25) is 11.8 Å². The molecular formula is C29H45ClN2O6. The molecule has 1 aromatic carbocycles. The fourth-order valence-electron chi connectivity index (χ4n) is 3.52.